The van der Waals surface area contributed by atoms with Crippen LogP contribution in [-0.2, 0) is 0 Å². The van der Waals surface area contributed by atoms with E-state index < -0.39 is 0 Å². The number of aromatic nitrogens is 3. The normalized spacial score (nSPS) is 10.2. The molecule has 2 aromatic heterocycles. The molecule has 0 bridgehead atoms. The van der Waals surface area contributed by atoms with Crippen LogP contribution in [0, 0.1) is 11.3 Å². The second-order valence-electron chi connectivity index (χ2n) is 3.40. The minimum Gasteiger partial charge on any atom is -0.354 e. The molecule has 2 heterocycles. The van der Waals surface area contributed by atoms with Gasteiger partial charge in [-0.3, -0.25) is 0 Å². The van der Waals surface area contributed by atoms with Crippen molar-refractivity contribution in [3.8, 4) is 6.07 Å². The third-order valence-electron chi connectivity index (χ3n) is 2.48. The van der Waals surface area contributed by atoms with Gasteiger partial charge in [0.05, 0.1) is 18.7 Å². The molecule has 0 saturated heterocycles. The summed E-state index contributed by atoms with van der Waals surface area (Å²) >= 11 is 0. The van der Waals surface area contributed by atoms with Gasteiger partial charge in [0.25, 0.3) is 0 Å². The summed E-state index contributed by atoms with van der Waals surface area (Å²) in [5.41, 5.74) is 0.974. The standard InChI is InChI=1S/C11H13N5/c1-2-15(8-3-5-12)11-10-4-6-14-16(10)9-7-13-11/h4,6-7,9H,2-3,8H2,1H3. The number of hydrogen-bond donors (Lipinski definition) is 0. The monoisotopic (exact) mass is 215 g/mol. The number of rotatable bonds is 4. The summed E-state index contributed by atoms with van der Waals surface area (Å²) in [5, 5.41) is 12.8. The molecule has 2 aromatic rings. The highest BCUT2D eigenvalue weighted by atomic mass is 15.3. The SMILES string of the molecule is CCN(CCC#N)c1nccn2nccc12. The van der Waals surface area contributed by atoms with Crippen LogP contribution in [0.4, 0.5) is 5.82 Å². The first-order chi connectivity index (χ1) is 7.86. The molecule has 0 aromatic carbocycles. The zero-order chi connectivity index (χ0) is 11.4. The lowest BCUT2D eigenvalue weighted by Crippen LogP contribution is -2.25. The Balaban J connectivity index is 2.37. The van der Waals surface area contributed by atoms with E-state index in [1.54, 1.807) is 16.9 Å². The second-order valence-corrected chi connectivity index (χ2v) is 3.40. The van der Waals surface area contributed by atoms with Crippen LogP contribution in [0.3, 0.4) is 0 Å². The van der Waals surface area contributed by atoms with E-state index >= 15 is 0 Å². The van der Waals surface area contributed by atoms with Gasteiger partial charge in [0.15, 0.2) is 5.82 Å². The van der Waals surface area contributed by atoms with Gasteiger partial charge >= 0.3 is 0 Å². The first-order valence-corrected chi connectivity index (χ1v) is 5.27. The van der Waals surface area contributed by atoms with Crippen molar-refractivity contribution in [1.29, 1.82) is 5.26 Å². The van der Waals surface area contributed by atoms with Crippen LogP contribution >= 0.6 is 0 Å². The average molecular weight is 215 g/mol. The van der Waals surface area contributed by atoms with Crippen LogP contribution < -0.4 is 4.90 Å². The maximum absolute atomic E-state index is 8.62. The van der Waals surface area contributed by atoms with Gasteiger partial charge in [0, 0.05) is 25.5 Å². The number of nitriles is 1. The molecule has 16 heavy (non-hydrogen) atoms. The molecule has 0 aliphatic rings. The van der Waals surface area contributed by atoms with Crippen molar-refractivity contribution in [2.24, 2.45) is 0 Å². The second kappa shape index (κ2) is 4.62. The Morgan fingerprint density at radius 2 is 2.38 bits per heavy atom. The molecule has 0 radical (unpaired) electrons. The summed E-state index contributed by atoms with van der Waals surface area (Å²) in [6.45, 7) is 3.59. The summed E-state index contributed by atoms with van der Waals surface area (Å²) in [5.74, 6) is 0.887. The molecule has 0 saturated carbocycles. The first kappa shape index (κ1) is 10.4. The fourth-order valence-electron chi connectivity index (χ4n) is 1.69. The van der Waals surface area contributed by atoms with Crippen molar-refractivity contribution in [3.63, 3.8) is 0 Å². The molecule has 82 valence electrons. The minimum absolute atomic E-state index is 0.505. The van der Waals surface area contributed by atoms with Crippen LogP contribution in [0.2, 0.25) is 0 Å². The van der Waals surface area contributed by atoms with Crippen molar-refractivity contribution in [2.75, 3.05) is 18.0 Å². The molecular formula is C11H13N5. The van der Waals surface area contributed by atoms with Gasteiger partial charge in [-0.1, -0.05) is 0 Å². The Labute approximate surface area is 93.9 Å². The number of fused-ring (bicyclic) bond motifs is 1. The van der Waals surface area contributed by atoms with Gasteiger partial charge in [-0.25, -0.2) is 9.50 Å². The Morgan fingerprint density at radius 3 is 3.12 bits per heavy atom. The van der Waals surface area contributed by atoms with Crippen molar-refractivity contribution in [2.45, 2.75) is 13.3 Å². The lowest BCUT2D eigenvalue weighted by Gasteiger charge is -2.20. The van der Waals surface area contributed by atoms with E-state index in [0.29, 0.717) is 13.0 Å². The molecule has 0 amide bonds. The Hall–Kier alpha value is -2.09. The lowest BCUT2D eigenvalue weighted by molar-refractivity contribution is 0.805. The first-order valence-electron chi connectivity index (χ1n) is 5.27. The maximum atomic E-state index is 8.62. The van der Waals surface area contributed by atoms with Gasteiger partial charge in [-0.15, -0.1) is 0 Å². The molecule has 0 spiro atoms. The van der Waals surface area contributed by atoms with Gasteiger partial charge in [-0.05, 0) is 13.0 Å². The van der Waals surface area contributed by atoms with E-state index in [4.69, 9.17) is 5.26 Å². The summed E-state index contributed by atoms with van der Waals surface area (Å²) in [6.07, 6.45) is 5.80. The highest BCUT2D eigenvalue weighted by Gasteiger charge is 2.09. The van der Waals surface area contributed by atoms with E-state index in [-0.39, 0.29) is 0 Å². The van der Waals surface area contributed by atoms with E-state index in [2.05, 4.69) is 28.0 Å². The minimum atomic E-state index is 0.505. The molecule has 0 atom stereocenters. The summed E-state index contributed by atoms with van der Waals surface area (Å²) < 4.78 is 1.79. The maximum Gasteiger partial charge on any atom is 0.154 e. The van der Waals surface area contributed by atoms with Crippen LogP contribution in [0.15, 0.2) is 24.7 Å². The fraction of sp³-hybridized carbons (Fsp3) is 0.364. The third kappa shape index (κ3) is 1.82. The summed E-state index contributed by atoms with van der Waals surface area (Å²) in [4.78, 5) is 6.44. The molecular weight excluding hydrogens is 202 g/mol. The van der Waals surface area contributed by atoms with E-state index in [0.717, 1.165) is 17.9 Å². The van der Waals surface area contributed by atoms with Crippen LogP contribution in [0.25, 0.3) is 5.52 Å². The summed E-state index contributed by atoms with van der Waals surface area (Å²) in [6, 6.07) is 4.08. The molecule has 0 N–H and O–H groups in total. The largest absolute Gasteiger partial charge is 0.354 e. The molecule has 5 heteroatoms. The van der Waals surface area contributed by atoms with Gasteiger partial charge in [0.1, 0.15) is 5.52 Å². The van der Waals surface area contributed by atoms with Crippen molar-refractivity contribution < 1.29 is 0 Å². The fourth-order valence-corrected chi connectivity index (χ4v) is 1.69. The predicted molar refractivity (Wildman–Crippen MR) is 61.1 cm³/mol. The Kier molecular flexibility index (Phi) is 3.01. The zero-order valence-electron chi connectivity index (χ0n) is 9.17. The molecule has 0 aliphatic carbocycles. The van der Waals surface area contributed by atoms with Crippen molar-refractivity contribution in [3.05, 3.63) is 24.7 Å². The number of nitrogens with zero attached hydrogens (tertiary/aromatic N) is 5. The highest BCUT2D eigenvalue weighted by molar-refractivity contribution is 5.68. The number of hydrogen-bond acceptors (Lipinski definition) is 4. The van der Waals surface area contributed by atoms with Crippen LogP contribution in [0.1, 0.15) is 13.3 Å². The van der Waals surface area contributed by atoms with Gasteiger partial charge in [0.2, 0.25) is 0 Å². The smallest absolute Gasteiger partial charge is 0.154 e. The van der Waals surface area contributed by atoms with E-state index in [9.17, 15) is 0 Å². The van der Waals surface area contributed by atoms with Crippen LogP contribution in [0.5, 0.6) is 0 Å². The zero-order valence-corrected chi connectivity index (χ0v) is 9.17. The number of anilines is 1. The lowest BCUT2D eigenvalue weighted by atomic mass is 10.3. The van der Waals surface area contributed by atoms with Crippen molar-refractivity contribution >= 4 is 11.3 Å². The van der Waals surface area contributed by atoms with E-state index in [1.165, 1.54) is 0 Å². The molecule has 5 nitrogen and oxygen atoms in total. The molecule has 0 aliphatic heterocycles. The molecule has 2 rings (SSSR count). The Bertz CT molecular complexity index is 510. The van der Waals surface area contributed by atoms with Crippen molar-refractivity contribution in [1.82, 2.24) is 14.6 Å². The van der Waals surface area contributed by atoms with E-state index in [1.807, 2.05) is 12.3 Å². The molecule has 0 fully saturated rings. The third-order valence-corrected chi connectivity index (χ3v) is 2.48. The quantitative estimate of drug-likeness (QED) is 0.775. The molecule has 0 unspecified atom stereocenters. The summed E-state index contributed by atoms with van der Waals surface area (Å²) in [7, 11) is 0. The van der Waals surface area contributed by atoms with Gasteiger partial charge in [-0.2, -0.15) is 10.4 Å². The van der Waals surface area contributed by atoms with Crippen LogP contribution in [-0.4, -0.2) is 27.7 Å². The average Bonchev–Trinajstić information content (AvgIpc) is 2.78. The topological polar surface area (TPSA) is 57.2 Å². The highest BCUT2D eigenvalue weighted by Crippen LogP contribution is 2.17. The Morgan fingerprint density at radius 1 is 1.50 bits per heavy atom. The van der Waals surface area contributed by atoms with Gasteiger partial charge < -0.3 is 4.90 Å². The predicted octanol–water partition coefficient (Wildman–Crippen LogP) is 1.47.